The molecule has 2 nitrogen and oxygen atoms in total. The lowest BCUT2D eigenvalue weighted by Gasteiger charge is -2.28. The van der Waals surface area contributed by atoms with Crippen LogP contribution in [-0.4, -0.2) is 24.4 Å². The number of benzene rings is 1. The Morgan fingerprint density at radius 2 is 1.74 bits per heavy atom. The maximum atomic E-state index is 12.5. The van der Waals surface area contributed by atoms with Crippen molar-refractivity contribution in [1.82, 2.24) is 0 Å². The van der Waals surface area contributed by atoms with E-state index in [4.69, 9.17) is 0 Å². The fraction of sp³-hybridized carbons (Fsp3) is 0.571. The minimum atomic E-state index is -4.39. The van der Waals surface area contributed by atoms with Gasteiger partial charge in [-0.2, -0.15) is 13.2 Å². The van der Waals surface area contributed by atoms with Crippen molar-refractivity contribution >= 4 is 5.69 Å². The number of halogens is 3. The van der Waals surface area contributed by atoms with E-state index in [2.05, 4.69) is 0 Å². The van der Waals surface area contributed by atoms with Crippen molar-refractivity contribution < 1.29 is 18.3 Å². The van der Waals surface area contributed by atoms with Gasteiger partial charge in [-0.3, -0.25) is 0 Å². The van der Waals surface area contributed by atoms with Gasteiger partial charge in [-0.15, -0.1) is 0 Å². The first-order valence-corrected chi connectivity index (χ1v) is 6.34. The second kappa shape index (κ2) is 5.82. The van der Waals surface area contributed by atoms with E-state index >= 15 is 0 Å². The zero-order valence-electron chi connectivity index (χ0n) is 11.5. The third-order valence-corrected chi connectivity index (χ3v) is 3.14. The van der Waals surface area contributed by atoms with Gasteiger partial charge in [0.25, 0.3) is 0 Å². The highest BCUT2D eigenvalue weighted by atomic mass is 19.4. The molecule has 1 aromatic rings. The predicted octanol–water partition coefficient (Wildman–Crippen LogP) is 3.69. The van der Waals surface area contributed by atoms with Crippen molar-refractivity contribution in [2.45, 2.75) is 39.0 Å². The van der Waals surface area contributed by atoms with Crippen LogP contribution in [0.5, 0.6) is 0 Å². The predicted molar refractivity (Wildman–Crippen MR) is 70.2 cm³/mol. The van der Waals surface area contributed by atoms with Crippen molar-refractivity contribution in [2.75, 3.05) is 18.0 Å². The van der Waals surface area contributed by atoms with E-state index in [9.17, 15) is 18.3 Å². The number of rotatable bonds is 5. The number of hydrogen-bond donors (Lipinski definition) is 1. The molecule has 1 unspecified atom stereocenters. The first-order chi connectivity index (χ1) is 8.69. The van der Waals surface area contributed by atoms with E-state index in [1.54, 1.807) is 12.1 Å². The second-order valence-corrected chi connectivity index (χ2v) is 4.79. The second-order valence-electron chi connectivity index (χ2n) is 4.79. The van der Waals surface area contributed by atoms with Crippen molar-refractivity contribution in [2.24, 2.45) is 0 Å². The molecule has 1 atom stereocenters. The Bertz CT molecular complexity index is 411. The molecular formula is C14H20F3NO. The molecular weight excluding hydrogens is 255 g/mol. The Kier molecular flexibility index (Phi) is 4.85. The normalized spacial score (nSPS) is 15.1. The fourth-order valence-corrected chi connectivity index (χ4v) is 2.12. The first kappa shape index (κ1) is 15.8. The highest BCUT2D eigenvalue weighted by Crippen LogP contribution is 2.35. The number of nitrogens with zero attached hydrogens (tertiary/aromatic N) is 1. The highest BCUT2D eigenvalue weighted by molar-refractivity contribution is 5.49. The van der Waals surface area contributed by atoms with Gasteiger partial charge in [0.2, 0.25) is 0 Å². The molecule has 0 aliphatic rings. The summed E-state index contributed by atoms with van der Waals surface area (Å²) in [5, 5.41) is 10.0. The molecule has 0 aromatic heterocycles. The Labute approximate surface area is 111 Å². The molecule has 0 bridgehead atoms. The van der Waals surface area contributed by atoms with Gasteiger partial charge in [0.15, 0.2) is 0 Å². The summed E-state index contributed by atoms with van der Waals surface area (Å²) in [5.74, 6) is 0. The first-order valence-electron chi connectivity index (χ1n) is 6.34. The molecule has 19 heavy (non-hydrogen) atoms. The SMILES string of the molecule is CCN(CC)c1cccc(C(C)(O)CC(F)(F)F)c1. The summed E-state index contributed by atoms with van der Waals surface area (Å²) >= 11 is 0. The molecule has 0 aliphatic heterocycles. The summed E-state index contributed by atoms with van der Waals surface area (Å²) < 4.78 is 37.4. The molecule has 0 fully saturated rings. The van der Waals surface area contributed by atoms with Crippen molar-refractivity contribution in [3.63, 3.8) is 0 Å². The molecule has 0 spiro atoms. The summed E-state index contributed by atoms with van der Waals surface area (Å²) in [4.78, 5) is 2.02. The van der Waals surface area contributed by atoms with Gasteiger partial charge in [0.05, 0.1) is 12.0 Å². The van der Waals surface area contributed by atoms with Crippen LogP contribution in [0.25, 0.3) is 0 Å². The molecule has 5 heteroatoms. The minimum Gasteiger partial charge on any atom is -0.385 e. The average molecular weight is 275 g/mol. The van der Waals surface area contributed by atoms with Crippen LogP contribution in [0.3, 0.4) is 0 Å². The van der Waals surface area contributed by atoms with E-state index in [1.807, 2.05) is 24.8 Å². The van der Waals surface area contributed by atoms with E-state index in [0.717, 1.165) is 18.8 Å². The van der Waals surface area contributed by atoms with Gasteiger partial charge in [-0.05, 0) is 38.5 Å². The maximum absolute atomic E-state index is 12.5. The lowest BCUT2D eigenvalue weighted by Crippen LogP contribution is -2.29. The number of anilines is 1. The molecule has 1 rings (SSSR count). The number of hydrogen-bond acceptors (Lipinski definition) is 2. The van der Waals surface area contributed by atoms with Gasteiger partial charge < -0.3 is 10.0 Å². The zero-order chi connectivity index (χ0) is 14.7. The maximum Gasteiger partial charge on any atom is 0.392 e. The van der Waals surface area contributed by atoms with Crippen LogP contribution in [0.15, 0.2) is 24.3 Å². The van der Waals surface area contributed by atoms with E-state index in [1.165, 1.54) is 13.0 Å². The molecule has 0 saturated heterocycles. The molecule has 0 radical (unpaired) electrons. The Morgan fingerprint density at radius 3 is 2.21 bits per heavy atom. The lowest BCUT2D eigenvalue weighted by molar-refractivity contribution is -0.174. The van der Waals surface area contributed by atoms with E-state index < -0.39 is 18.2 Å². The number of aliphatic hydroxyl groups is 1. The Hall–Kier alpha value is -1.23. The molecule has 0 heterocycles. The van der Waals surface area contributed by atoms with Crippen molar-refractivity contribution in [3.05, 3.63) is 29.8 Å². The monoisotopic (exact) mass is 275 g/mol. The topological polar surface area (TPSA) is 23.5 Å². The third-order valence-electron chi connectivity index (χ3n) is 3.14. The average Bonchev–Trinajstić information content (AvgIpc) is 2.28. The largest absolute Gasteiger partial charge is 0.392 e. The van der Waals surface area contributed by atoms with Crippen LogP contribution in [0, 0.1) is 0 Å². The minimum absolute atomic E-state index is 0.286. The molecule has 108 valence electrons. The Balaban J connectivity index is 3.04. The molecule has 1 N–H and O–H groups in total. The van der Waals surface area contributed by atoms with Crippen molar-refractivity contribution in [3.8, 4) is 0 Å². The summed E-state index contributed by atoms with van der Waals surface area (Å²) in [7, 11) is 0. The molecule has 1 aromatic carbocycles. The van der Waals surface area contributed by atoms with Crippen LogP contribution < -0.4 is 4.90 Å². The molecule has 0 amide bonds. The van der Waals surface area contributed by atoms with E-state index in [0.29, 0.717) is 0 Å². The smallest absolute Gasteiger partial charge is 0.385 e. The Morgan fingerprint density at radius 1 is 1.16 bits per heavy atom. The molecule has 0 saturated carbocycles. The summed E-state index contributed by atoms with van der Waals surface area (Å²) in [6.07, 6.45) is -5.64. The fourth-order valence-electron chi connectivity index (χ4n) is 2.12. The standard InChI is InChI=1S/C14H20F3NO/c1-4-18(5-2)12-8-6-7-11(9-12)13(3,19)10-14(15,16)17/h6-9,19H,4-5,10H2,1-3H3. The quantitative estimate of drug-likeness (QED) is 0.885. The van der Waals surface area contributed by atoms with Gasteiger partial charge >= 0.3 is 6.18 Å². The lowest BCUT2D eigenvalue weighted by atomic mass is 9.92. The third kappa shape index (κ3) is 4.42. The summed E-state index contributed by atoms with van der Waals surface area (Å²) in [6, 6.07) is 6.66. The van der Waals surface area contributed by atoms with Gasteiger partial charge in [0, 0.05) is 18.8 Å². The van der Waals surface area contributed by atoms with E-state index in [-0.39, 0.29) is 5.56 Å². The van der Waals surface area contributed by atoms with Gasteiger partial charge in [0.1, 0.15) is 0 Å². The van der Waals surface area contributed by atoms with Crippen molar-refractivity contribution in [1.29, 1.82) is 0 Å². The van der Waals surface area contributed by atoms with Crippen LogP contribution in [0.4, 0.5) is 18.9 Å². The van der Waals surface area contributed by atoms with Gasteiger partial charge in [-0.1, -0.05) is 12.1 Å². The zero-order valence-corrected chi connectivity index (χ0v) is 11.5. The van der Waals surface area contributed by atoms with Crippen LogP contribution in [0.1, 0.15) is 32.8 Å². The molecule has 0 aliphatic carbocycles. The van der Waals surface area contributed by atoms with Crippen LogP contribution in [0.2, 0.25) is 0 Å². The van der Waals surface area contributed by atoms with Crippen LogP contribution >= 0.6 is 0 Å². The van der Waals surface area contributed by atoms with Crippen LogP contribution in [-0.2, 0) is 5.60 Å². The summed E-state index contributed by atoms with van der Waals surface area (Å²) in [5.41, 5.74) is -0.791. The highest BCUT2D eigenvalue weighted by Gasteiger charge is 2.39. The van der Waals surface area contributed by atoms with Gasteiger partial charge in [-0.25, -0.2) is 0 Å². The summed E-state index contributed by atoms with van der Waals surface area (Å²) in [6.45, 7) is 6.68. The number of alkyl halides is 3.